The zero-order chi connectivity index (χ0) is 14.5. The SMILES string of the molecule is COc1ccccc1N(C)c1ccc(CCN)c(Cl)c1. The molecule has 0 atom stereocenters. The summed E-state index contributed by atoms with van der Waals surface area (Å²) >= 11 is 6.30. The molecule has 3 nitrogen and oxygen atoms in total. The summed E-state index contributed by atoms with van der Waals surface area (Å²) in [6, 6.07) is 13.9. The summed E-state index contributed by atoms with van der Waals surface area (Å²) in [6.07, 6.45) is 0.789. The number of hydrogen-bond acceptors (Lipinski definition) is 3. The summed E-state index contributed by atoms with van der Waals surface area (Å²) in [7, 11) is 3.66. The number of halogens is 1. The normalized spacial score (nSPS) is 10.4. The Morgan fingerprint density at radius 3 is 2.60 bits per heavy atom. The second kappa shape index (κ2) is 6.64. The number of para-hydroxylation sites is 2. The molecule has 0 aromatic heterocycles. The molecule has 2 rings (SSSR count). The summed E-state index contributed by atoms with van der Waals surface area (Å²) in [6.45, 7) is 0.599. The fourth-order valence-corrected chi connectivity index (χ4v) is 2.42. The highest BCUT2D eigenvalue weighted by atomic mass is 35.5. The molecule has 2 aromatic carbocycles. The van der Waals surface area contributed by atoms with Crippen molar-refractivity contribution in [3.05, 3.63) is 53.1 Å². The molecule has 0 aliphatic heterocycles. The number of hydrogen-bond donors (Lipinski definition) is 1. The van der Waals surface area contributed by atoms with Crippen LogP contribution in [0, 0.1) is 0 Å². The molecule has 0 radical (unpaired) electrons. The molecule has 20 heavy (non-hydrogen) atoms. The van der Waals surface area contributed by atoms with Crippen LogP contribution in [0.2, 0.25) is 5.02 Å². The maximum absolute atomic E-state index is 6.30. The van der Waals surface area contributed by atoms with Gasteiger partial charge in [-0.05, 0) is 42.8 Å². The van der Waals surface area contributed by atoms with Gasteiger partial charge in [-0.15, -0.1) is 0 Å². The van der Waals surface area contributed by atoms with Crippen LogP contribution in [0.1, 0.15) is 5.56 Å². The minimum absolute atomic E-state index is 0.599. The topological polar surface area (TPSA) is 38.5 Å². The Hall–Kier alpha value is -1.71. The van der Waals surface area contributed by atoms with E-state index >= 15 is 0 Å². The molecular formula is C16H19ClN2O. The molecule has 0 aliphatic rings. The highest BCUT2D eigenvalue weighted by molar-refractivity contribution is 6.31. The highest BCUT2D eigenvalue weighted by Crippen LogP contribution is 2.33. The molecule has 0 spiro atoms. The minimum atomic E-state index is 0.599. The molecule has 106 valence electrons. The van der Waals surface area contributed by atoms with E-state index in [1.807, 2.05) is 49.5 Å². The van der Waals surface area contributed by atoms with Crippen LogP contribution < -0.4 is 15.4 Å². The third-order valence-electron chi connectivity index (χ3n) is 3.28. The van der Waals surface area contributed by atoms with Gasteiger partial charge in [-0.2, -0.15) is 0 Å². The van der Waals surface area contributed by atoms with E-state index in [0.29, 0.717) is 6.54 Å². The minimum Gasteiger partial charge on any atom is -0.495 e. The van der Waals surface area contributed by atoms with E-state index in [2.05, 4.69) is 4.90 Å². The maximum atomic E-state index is 6.30. The Balaban J connectivity index is 2.33. The molecule has 0 saturated carbocycles. The molecular weight excluding hydrogens is 272 g/mol. The quantitative estimate of drug-likeness (QED) is 0.914. The van der Waals surface area contributed by atoms with Gasteiger partial charge >= 0.3 is 0 Å². The van der Waals surface area contributed by atoms with Crippen molar-refractivity contribution in [1.82, 2.24) is 0 Å². The van der Waals surface area contributed by atoms with Crippen molar-refractivity contribution in [2.45, 2.75) is 6.42 Å². The van der Waals surface area contributed by atoms with Crippen LogP contribution in [-0.4, -0.2) is 20.7 Å². The number of nitrogens with zero attached hydrogens (tertiary/aromatic N) is 1. The van der Waals surface area contributed by atoms with Gasteiger partial charge in [-0.3, -0.25) is 0 Å². The standard InChI is InChI=1S/C16H19ClN2O/c1-19(15-5-3-4-6-16(15)20-2)13-8-7-12(9-10-18)14(17)11-13/h3-8,11H,9-10,18H2,1-2H3. The van der Waals surface area contributed by atoms with Gasteiger partial charge in [0.15, 0.2) is 0 Å². The van der Waals surface area contributed by atoms with Crippen LogP contribution in [0.15, 0.2) is 42.5 Å². The number of benzene rings is 2. The lowest BCUT2D eigenvalue weighted by atomic mass is 10.1. The van der Waals surface area contributed by atoms with E-state index in [9.17, 15) is 0 Å². The van der Waals surface area contributed by atoms with Gasteiger partial charge in [0.2, 0.25) is 0 Å². The Bertz CT molecular complexity index is 586. The van der Waals surface area contributed by atoms with Gasteiger partial charge in [0.1, 0.15) is 5.75 Å². The highest BCUT2D eigenvalue weighted by Gasteiger charge is 2.10. The van der Waals surface area contributed by atoms with Crippen LogP contribution in [-0.2, 0) is 6.42 Å². The first-order chi connectivity index (χ1) is 9.67. The van der Waals surface area contributed by atoms with E-state index < -0.39 is 0 Å². The van der Waals surface area contributed by atoms with E-state index in [4.69, 9.17) is 22.1 Å². The van der Waals surface area contributed by atoms with Crippen molar-refractivity contribution in [2.75, 3.05) is 25.6 Å². The molecule has 0 unspecified atom stereocenters. The number of ether oxygens (including phenoxy) is 1. The average Bonchev–Trinajstić information content (AvgIpc) is 2.48. The third kappa shape index (κ3) is 3.06. The number of rotatable bonds is 5. The summed E-state index contributed by atoms with van der Waals surface area (Å²) in [5.41, 5.74) is 8.66. The summed E-state index contributed by atoms with van der Waals surface area (Å²) in [4.78, 5) is 2.05. The van der Waals surface area contributed by atoms with Gasteiger partial charge in [-0.1, -0.05) is 29.8 Å². The molecule has 0 bridgehead atoms. The Morgan fingerprint density at radius 2 is 1.95 bits per heavy atom. The van der Waals surface area contributed by atoms with Crippen LogP contribution in [0.25, 0.3) is 0 Å². The lowest BCUT2D eigenvalue weighted by Crippen LogP contribution is -2.11. The van der Waals surface area contributed by atoms with Gasteiger partial charge < -0.3 is 15.4 Å². The first kappa shape index (κ1) is 14.7. The zero-order valence-electron chi connectivity index (χ0n) is 11.8. The number of nitrogens with two attached hydrogens (primary N) is 1. The van der Waals surface area contributed by atoms with Crippen molar-refractivity contribution in [1.29, 1.82) is 0 Å². The van der Waals surface area contributed by atoms with E-state index in [0.717, 1.165) is 34.1 Å². The average molecular weight is 291 g/mol. The second-order valence-corrected chi connectivity index (χ2v) is 4.95. The van der Waals surface area contributed by atoms with Crippen LogP contribution >= 0.6 is 11.6 Å². The number of methoxy groups -OCH3 is 1. The Labute approximate surface area is 124 Å². The molecule has 0 fully saturated rings. The monoisotopic (exact) mass is 290 g/mol. The smallest absolute Gasteiger partial charge is 0.142 e. The number of anilines is 2. The fourth-order valence-electron chi connectivity index (χ4n) is 2.15. The van der Waals surface area contributed by atoms with Gasteiger partial charge in [-0.25, -0.2) is 0 Å². The van der Waals surface area contributed by atoms with Crippen LogP contribution in [0.3, 0.4) is 0 Å². The van der Waals surface area contributed by atoms with Crippen LogP contribution in [0.5, 0.6) is 5.75 Å². The van der Waals surface area contributed by atoms with Gasteiger partial charge in [0.25, 0.3) is 0 Å². The summed E-state index contributed by atoms with van der Waals surface area (Å²) in [5, 5.41) is 0.745. The lowest BCUT2D eigenvalue weighted by Gasteiger charge is -2.22. The van der Waals surface area contributed by atoms with Crippen molar-refractivity contribution < 1.29 is 4.74 Å². The first-order valence-electron chi connectivity index (χ1n) is 6.52. The van der Waals surface area contributed by atoms with Crippen molar-refractivity contribution in [2.24, 2.45) is 5.73 Å². The van der Waals surface area contributed by atoms with Crippen LogP contribution in [0.4, 0.5) is 11.4 Å². The largest absolute Gasteiger partial charge is 0.495 e. The predicted molar refractivity (Wildman–Crippen MR) is 85.3 cm³/mol. The van der Waals surface area contributed by atoms with E-state index in [1.165, 1.54) is 0 Å². The molecule has 0 heterocycles. The molecule has 0 saturated heterocycles. The second-order valence-electron chi connectivity index (χ2n) is 4.55. The van der Waals surface area contributed by atoms with Gasteiger partial charge in [0.05, 0.1) is 12.8 Å². The van der Waals surface area contributed by atoms with Crippen molar-refractivity contribution in [3.63, 3.8) is 0 Å². The summed E-state index contributed by atoms with van der Waals surface area (Å²) < 4.78 is 5.39. The zero-order valence-corrected chi connectivity index (χ0v) is 12.5. The molecule has 0 aliphatic carbocycles. The predicted octanol–water partition coefficient (Wildman–Crippen LogP) is 3.62. The lowest BCUT2D eigenvalue weighted by molar-refractivity contribution is 0.415. The van der Waals surface area contributed by atoms with Crippen molar-refractivity contribution in [3.8, 4) is 5.75 Å². The Morgan fingerprint density at radius 1 is 1.20 bits per heavy atom. The summed E-state index contributed by atoms with van der Waals surface area (Å²) in [5.74, 6) is 0.831. The molecule has 2 N–H and O–H groups in total. The third-order valence-corrected chi connectivity index (χ3v) is 3.64. The van der Waals surface area contributed by atoms with E-state index in [-0.39, 0.29) is 0 Å². The molecule has 4 heteroatoms. The molecule has 2 aromatic rings. The van der Waals surface area contributed by atoms with Gasteiger partial charge in [0, 0.05) is 17.8 Å². The molecule has 0 amide bonds. The van der Waals surface area contributed by atoms with Crippen molar-refractivity contribution >= 4 is 23.0 Å². The maximum Gasteiger partial charge on any atom is 0.142 e. The fraction of sp³-hybridized carbons (Fsp3) is 0.250. The Kier molecular flexibility index (Phi) is 4.88. The van der Waals surface area contributed by atoms with E-state index in [1.54, 1.807) is 7.11 Å². The first-order valence-corrected chi connectivity index (χ1v) is 6.90.